The fourth-order valence-corrected chi connectivity index (χ4v) is 4.26. The van der Waals surface area contributed by atoms with Gasteiger partial charge < -0.3 is 10.6 Å². The number of carbonyl (C=O) groups is 2. The van der Waals surface area contributed by atoms with Crippen molar-refractivity contribution in [2.75, 3.05) is 24.2 Å². The van der Waals surface area contributed by atoms with Crippen LogP contribution in [-0.2, 0) is 19.6 Å². The zero-order valence-corrected chi connectivity index (χ0v) is 17.1. The minimum Gasteiger partial charge on any atom is -0.325 e. The molecule has 148 valence electrons. The van der Waals surface area contributed by atoms with Crippen LogP contribution in [0.5, 0.6) is 0 Å². The van der Waals surface area contributed by atoms with Gasteiger partial charge in [0, 0.05) is 18.4 Å². The van der Waals surface area contributed by atoms with Gasteiger partial charge in [-0.2, -0.15) is 4.31 Å². The lowest BCUT2D eigenvalue weighted by Crippen LogP contribution is -2.35. The van der Waals surface area contributed by atoms with E-state index >= 15 is 0 Å². The second-order valence-electron chi connectivity index (χ2n) is 7.02. The molecule has 8 heteroatoms. The van der Waals surface area contributed by atoms with Gasteiger partial charge in [0.15, 0.2) is 0 Å². The van der Waals surface area contributed by atoms with E-state index in [0.717, 1.165) is 15.4 Å². The summed E-state index contributed by atoms with van der Waals surface area (Å²) >= 11 is 0. The van der Waals surface area contributed by atoms with Gasteiger partial charge in [-0.1, -0.05) is 12.1 Å². The molecule has 1 aliphatic rings. The average Bonchev–Trinajstić information content (AvgIpc) is 2.92. The van der Waals surface area contributed by atoms with Crippen molar-refractivity contribution in [1.82, 2.24) is 4.31 Å². The topological polar surface area (TPSA) is 95.6 Å². The minimum absolute atomic E-state index is 0.0524. The summed E-state index contributed by atoms with van der Waals surface area (Å²) in [5, 5.41) is 5.47. The molecule has 0 aliphatic carbocycles. The molecule has 1 atom stereocenters. The SMILES string of the molecule is Cc1cccc(NC(=O)CN(C)S(=O)(=O)c2ccc3c(c2)[C@@H](C)C(=O)N3)c1C. The predicted octanol–water partition coefficient (Wildman–Crippen LogP) is 2.62. The molecule has 0 spiro atoms. The first-order valence-electron chi connectivity index (χ1n) is 8.88. The molecule has 7 nitrogen and oxygen atoms in total. The molecule has 0 bridgehead atoms. The molecule has 2 aromatic carbocycles. The van der Waals surface area contributed by atoms with E-state index in [-0.39, 0.29) is 17.3 Å². The Balaban J connectivity index is 1.76. The molecule has 0 saturated carbocycles. The number of nitrogens with zero attached hydrogens (tertiary/aromatic N) is 1. The normalized spacial score (nSPS) is 16.0. The van der Waals surface area contributed by atoms with E-state index in [1.807, 2.05) is 26.0 Å². The van der Waals surface area contributed by atoms with E-state index in [1.54, 1.807) is 19.1 Å². The number of benzene rings is 2. The molecule has 0 aromatic heterocycles. The highest BCUT2D eigenvalue weighted by Crippen LogP contribution is 2.34. The Morgan fingerprint density at radius 1 is 1.21 bits per heavy atom. The first-order valence-corrected chi connectivity index (χ1v) is 10.3. The summed E-state index contributed by atoms with van der Waals surface area (Å²) < 4.78 is 26.7. The number of rotatable bonds is 5. The van der Waals surface area contributed by atoms with E-state index in [4.69, 9.17) is 0 Å². The number of hydrogen-bond acceptors (Lipinski definition) is 4. The number of nitrogens with one attached hydrogen (secondary N) is 2. The highest BCUT2D eigenvalue weighted by Gasteiger charge is 2.30. The van der Waals surface area contributed by atoms with Crippen molar-refractivity contribution in [3.05, 3.63) is 53.1 Å². The Morgan fingerprint density at radius 3 is 2.64 bits per heavy atom. The van der Waals surface area contributed by atoms with Gasteiger partial charge in [0.1, 0.15) is 0 Å². The average molecular weight is 401 g/mol. The first-order chi connectivity index (χ1) is 13.1. The van der Waals surface area contributed by atoms with Crippen molar-refractivity contribution < 1.29 is 18.0 Å². The van der Waals surface area contributed by atoms with Crippen LogP contribution in [-0.4, -0.2) is 38.1 Å². The van der Waals surface area contributed by atoms with Crippen molar-refractivity contribution in [3.8, 4) is 0 Å². The quantitative estimate of drug-likeness (QED) is 0.805. The fraction of sp³-hybridized carbons (Fsp3) is 0.300. The molecule has 1 aliphatic heterocycles. The lowest BCUT2D eigenvalue weighted by Gasteiger charge is -2.18. The van der Waals surface area contributed by atoms with E-state index in [9.17, 15) is 18.0 Å². The molecule has 0 unspecified atom stereocenters. The number of amides is 2. The summed E-state index contributed by atoms with van der Waals surface area (Å²) in [6.45, 7) is 5.24. The predicted molar refractivity (Wildman–Crippen MR) is 108 cm³/mol. The van der Waals surface area contributed by atoms with Crippen LogP contribution in [0.3, 0.4) is 0 Å². The molecule has 0 fully saturated rings. The molecular weight excluding hydrogens is 378 g/mol. The van der Waals surface area contributed by atoms with Gasteiger partial charge >= 0.3 is 0 Å². The third-order valence-corrected chi connectivity index (χ3v) is 6.89. The number of sulfonamides is 1. The van der Waals surface area contributed by atoms with E-state index in [0.29, 0.717) is 16.9 Å². The number of carbonyl (C=O) groups excluding carboxylic acids is 2. The third-order valence-electron chi connectivity index (χ3n) is 5.09. The first kappa shape index (κ1) is 20.0. The van der Waals surface area contributed by atoms with E-state index < -0.39 is 21.8 Å². The molecule has 0 saturated heterocycles. The number of fused-ring (bicyclic) bond motifs is 1. The molecule has 0 radical (unpaired) electrons. The van der Waals surface area contributed by atoms with Crippen LogP contribution in [0, 0.1) is 13.8 Å². The monoisotopic (exact) mass is 401 g/mol. The maximum atomic E-state index is 12.9. The summed E-state index contributed by atoms with van der Waals surface area (Å²) in [6.07, 6.45) is 0. The Morgan fingerprint density at radius 2 is 1.93 bits per heavy atom. The van der Waals surface area contributed by atoms with Gasteiger partial charge in [-0.05, 0) is 61.7 Å². The van der Waals surface area contributed by atoms with Crippen molar-refractivity contribution in [3.63, 3.8) is 0 Å². The van der Waals surface area contributed by atoms with Crippen molar-refractivity contribution in [2.45, 2.75) is 31.6 Å². The van der Waals surface area contributed by atoms with Gasteiger partial charge in [0.25, 0.3) is 0 Å². The van der Waals surface area contributed by atoms with Crippen LogP contribution in [0.15, 0.2) is 41.3 Å². The van der Waals surface area contributed by atoms with Gasteiger partial charge in [0.2, 0.25) is 21.8 Å². The minimum atomic E-state index is -3.87. The number of hydrogen-bond donors (Lipinski definition) is 2. The zero-order chi connectivity index (χ0) is 20.6. The largest absolute Gasteiger partial charge is 0.325 e. The molecule has 28 heavy (non-hydrogen) atoms. The lowest BCUT2D eigenvalue weighted by molar-refractivity contribution is -0.117. The van der Waals surface area contributed by atoms with Gasteiger partial charge in [0.05, 0.1) is 17.4 Å². The summed E-state index contributed by atoms with van der Waals surface area (Å²) in [5.74, 6) is -1.000. The Kier molecular flexibility index (Phi) is 5.27. The molecule has 2 aromatic rings. The summed E-state index contributed by atoms with van der Waals surface area (Å²) in [4.78, 5) is 24.2. The second-order valence-corrected chi connectivity index (χ2v) is 9.06. The fourth-order valence-electron chi connectivity index (χ4n) is 3.10. The highest BCUT2D eigenvalue weighted by atomic mass is 32.2. The molecule has 3 rings (SSSR count). The van der Waals surface area contributed by atoms with Crippen LogP contribution in [0.1, 0.15) is 29.5 Å². The molecule has 2 amide bonds. The van der Waals surface area contributed by atoms with Crippen LogP contribution in [0.4, 0.5) is 11.4 Å². The lowest BCUT2D eigenvalue weighted by atomic mass is 10.0. The third kappa shape index (κ3) is 3.65. The van der Waals surface area contributed by atoms with E-state index in [2.05, 4.69) is 10.6 Å². The maximum absolute atomic E-state index is 12.9. The molecular formula is C20H23N3O4S. The van der Waals surface area contributed by atoms with Crippen molar-refractivity contribution in [2.24, 2.45) is 0 Å². The summed E-state index contributed by atoms with van der Waals surface area (Å²) in [6, 6.07) is 10.1. The molecule has 1 heterocycles. The van der Waals surface area contributed by atoms with Crippen LogP contribution >= 0.6 is 0 Å². The number of likely N-dealkylation sites (N-methyl/N-ethyl adjacent to an activating group) is 1. The maximum Gasteiger partial charge on any atom is 0.243 e. The second kappa shape index (κ2) is 7.37. The van der Waals surface area contributed by atoms with Crippen molar-refractivity contribution in [1.29, 1.82) is 0 Å². The van der Waals surface area contributed by atoms with E-state index in [1.165, 1.54) is 19.2 Å². The van der Waals surface area contributed by atoms with Crippen LogP contribution in [0.25, 0.3) is 0 Å². The zero-order valence-electron chi connectivity index (χ0n) is 16.2. The van der Waals surface area contributed by atoms with Gasteiger partial charge in [-0.15, -0.1) is 0 Å². The highest BCUT2D eigenvalue weighted by molar-refractivity contribution is 7.89. The summed E-state index contributed by atoms with van der Waals surface area (Å²) in [7, 11) is -2.51. The Bertz CT molecular complexity index is 1060. The standard InChI is InChI=1S/C20H23N3O4S/c1-12-6-5-7-17(13(12)2)21-19(24)11-23(4)28(26,27)15-8-9-18-16(10-15)14(3)20(25)22-18/h5-10,14H,11H2,1-4H3,(H,21,24)(H,22,25)/t14-/m1/s1. The van der Waals surface area contributed by atoms with Crippen LogP contribution in [0.2, 0.25) is 0 Å². The molecule has 2 N–H and O–H groups in total. The van der Waals surface area contributed by atoms with Crippen LogP contribution < -0.4 is 10.6 Å². The Labute approximate surface area is 164 Å². The number of anilines is 2. The van der Waals surface area contributed by atoms with Crippen molar-refractivity contribution >= 4 is 33.2 Å². The Hall–Kier alpha value is -2.71. The smallest absolute Gasteiger partial charge is 0.243 e. The summed E-state index contributed by atoms with van der Waals surface area (Å²) in [5.41, 5.74) is 3.89. The number of aryl methyl sites for hydroxylation is 1. The van der Waals surface area contributed by atoms with Gasteiger partial charge in [-0.3, -0.25) is 9.59 Å². The van der Waals surface area contributed by atoms with Gasteiger partial charge in [-0.25, -0.2) is 8.42 Å².